The molecule has 1 aromatic carbocycles. The van der Waals surface area contributed by atoms with E-state index in [1.807, 2.05) is 32.6 Å². The van der Waals surface area contributed by atoms with E-state index in [1.165, 1.54) is 0 Å². The normalized spacial score (nSPS) is 19.4. The molecule has 0 radical (unpaired) electrons. The number of morpholine rings is 1. The summed E-state index contributed by atoms with van der Waals surface area (Å²) in [6.07, 6.45) is 1.38. The first-order chi connectivity index (χ1) is 16.1. The number of phenols is 1. The van der Waals surface area contributed by atoms with Crippen molar-refractivity contribution in [2.24, 2.45) is 0 Å². The van der Waals surface area contributed by atoms with Crippen LogP contribution in [0.1, 0.15) is 58.6 Å². The van der Waals surface area contributed by atoms with Crippen molar-refractivity contribution in [3.63, 3.8) is 0 Å². The second kappa shape index (κ2) is 11.3. The van der Waals surface area contributed by atoms with E-state index < -0.39 is 17.8 Å². The van der Waals surface area contributed by atoms with Gasteiger partial charge in [0.05, 0.1) is 25.8 Å². The zero-order chi connectivity index (χ0) is 24.9. The van der Waals surface area contributed by atoms with Gasteiger partial charge in [-0.3, -0.25) is 4.79 Å². The van der Waals surface area contributed by atoms with Crippen LogP contribution in [-0.4, -0.2) is 84.7 Å². The van der Waals surface area contributed by atoms with Gasteiger partial charge in [-0.05, 0) is 58.2 Å². The fraction of sp³-hybridized carbons (Fsp3) is 0.680. The number of benzene rings is 1. The van der Waals surface area contributed by atoms with Crippen LogP contribution in [0.15, 0.2) is 18.2 Å². The topological polar surface area (TPSA) is 97.8 Å². The first kappa shape index (κ1) is 26.1. The highest BCUT2D eigenvalue weighted by molar-refractivity contribution is 5.83. The molecule has 1 aromatic rings. The third-order valence-electron chi connectivity index (χ3n) is 5.82. The Bertz CT molecular complexity index is 850. The number of ether oxygens (including phenoxy) is 4. The molecule has 190 valence electrons. The van der Waals surface area contributed by atoms with Gasteiger partial charge < -0.3 is 33.9 Å². The van der Waals surface area contributed by atoms with Crippen LogP contribution < -0.4 is 4.74 Å². The van der Waals surface area contributed by atoms with E-state index in [0.29, 0.717) is 31.9 Å². The van der Waals surface area contributed by atoms with E-state index in [4.69, 9.17) is 18.9 Å². The van der Waals surface area contributed by atoms with E-state index in [0.717, 1.165) is 18.4 Å². The van der Waals surface area contributed by atoms with Gasteiger partial charge in [0.1, 0.15) is 5.60 Å². The average molecular weight is 479 g/mol. The third kappa shape index (κ3) is 6.99. The number of hydrogen-bond donors (Lipinski definition) is 1. The van der Waals surface area contributed by atoms with Gasteiger partial charge >= 0.3 is 6.09 Å². The highest BCUT2D eigenvalue weighted by atomic mass is 16.6. The standard InChI is InChI=1S/C25H38N2O7/c1-17(18-7-10-20(28)21(15-18)32-13-6-12-31-5)27(19-8-9-19)23(29)22-16-26(11-14-33-22)24(30)34-25(2,3)4/h7,10,15,17,19,22,28H,6,8-9,11-14,16H2,1-5H3/t17-,22-/m1/s1. The Balaban J connectivity index is 1.70. The molecule has 34 heavy (non-hydrogen) atoms. The number of amides is 2. The maximum Gasteiger partial charge on any atom is 0.410 e. The van der Waals surface area contributed by atoms with Crippen molar-refractivity contribution in [2.75, 3.05) is 40.0 Å². The molecular formula is C25H38N2O7. The van der Waals surface area contributed by atoms with Gasteiger partial charge in [0.2, 0.25) is 0 Å². The second-order valence-corrected chi connectivity index (χ2v) is 9.86. The summed E-state index contributed by atoms with van der Waals surface area (Å²) in [6, 6.07) is 5.06. The summed E-state index contributed by atoms with van der Waals surface area (Å²) >= 11 is 0. The van der Waals surface area contributed by atoms with E-state index in [-0.39, 0.29) is 36.9 Å². The smallest absolute Gasteiger partial charge is 0.410 e. The molecule has 1 saturated heterocycles. The summed E-state index contributed by atoms with van der Waals surface area (Å²) < 4.78 is 22.0. The molecule has 9 nitrogen and oxygen atoms in total. The Hall–Kier alpha value is -2.52. The number of carbonyl (C=O) groups excluding carboxylic acids is 2. The molecule has 9 heteroatoms. The summed E-state index contributed by atoms with van der Waals surface area (Å²) in [5.74, 6) is 0.300. The fourth-order valence-corrected chi connectivity index (χ4v) is 3.95. The van der Waals surface area contributed by atoms with Crippen LogP contribution in [0.5, 0.6) is 11.5 Å². The lowest BCUT2D eigenvalue weighted by Crippen LogP contribution is -2.54. The molecule has 1 heterocycles. The van der Waals surface area contributed by atoms with Crippen LogP contribution in [0.3, 0.4) is 0 Å². The van der Waals surface area contributed by atoms with Crippen molar-refractivity contribution in [2.45, 2.75) is 70.7 Å². The summed E-state index contributed by atoms with van der Waals surface area (Å²) in [7, 11) is 1.63. The van der Waals surface area contributed by atoms with Crippen molar-refractivity contribution in [1.29, 1.82) is 0 Å². The molecule has 2 amide bonds. The molecule has 1 N–H and O–H groups in total. The predicted molar refractivity (Wildman–Crippen MR) is 126 cm³/mol. The summed E-state index contributed by atoms with van der Waals surface area (Å²) in [6.45, 7) is 9.23. The molecule has 3 rings (SSSR count). The number of rotatable bonds is 9. The van der Waals surface area contributed by atoms with Crippen LogP contribution in [-0.2, 0) is 19.0 Å². The molecule has 1 saturated carbocycles. The maximum atomic E-state index is 13.6. The first-order valence-corrected chi connectivity index (χ1v) is 12.0. The average Bonchev–Trinajstić information content (AvgIpc) is 3.62. The number of carbonyl (C=O) groups is 2. The number of nitrogens with zero attached hydrogens (tertiary/aromatic N) is 2. The number of phenolic OH excluding ortho intramolecular Hbond substituents is 1. The predicted octanol–water partition coefficient (Wildman–Crippen LogP) is 3.50. The van der Waals surface area contributed by atoms with E-state index in [1.54, 1.807) is 30.2 Å². The van der Waals surface area contributed by atoms with Gasteiger partial charge in [-0.15, -0.1) is 0 Å². The van der Waals surface area contributed by atoms with Gasteiger partial charge in [-0.1, -0.05) is 6.07 Å². The largest absolute Gasteiger partial charge is 0.504 e. The monoisotopic (exact) mass is 478 g/mol. The van der Waals surface area contributed by atoms with Gasteiger partial charge in [0.15, 0.2) is 17.6 Å². The van der Waals surface area contributed by atoms with Crippen LogP contribution in [0.2, 0.25) is 0 Å². The lowest BCUT2D eigenvalue weighted by atomic mass is 10.0. The molecule has 2 atom stereocenters. The Morgan fingerprint density at radius 3 is 2.65 bits per heavy atom. The zero-order valence-corrected chi connectivity index (χ0v) is 20.9. The SMILES string of the molecule is COCCCOc1cc([C@@H](C)N(C(=O)[C@H]2CN(C(=O)OC(C)(C)C)CCO2)C2CC2)ccc1O. The van der Waals surface area contributed by atoms with Gasteiger partial charge in [0, 0.05) is 32.7 Å². The fourth-order valence-electron chi connectivity index (χ4n) is 3.95. The highest BCUT2D eigenvalue weighted by Gasteiger charge is 2.42. The Morgan fingerprint density at radius 1 is 1.26 bits per heavy atom. The third-order valence-corrected chi connectivity index (χ3v) is 5.82. The minimum atomic E-state index is -0.744. The van der Waals surface area contributed by atoms with Crippen molar-refractivity contribution in [3.8, 4) is 11.5 Å². The second-order valence-electron chi connectivity index (χ2n) is 9.86. The van der Waals surface area contributed by atoms with Crippen molar-refractivity contribution in [1.82, 2.24) is 9.80 Å². The lowest BCUT2D eigenvalue weighted by Gasteiger charge is -2.38. The van der Waals surface area contributed by atoms with Crippen LogP contribution in [0, 0.1) is 0 Å². The van der Waals surface area contributed by atoms with Crippen LogP contribution in [0.4, 0.5) is 4.79 Å². The van der Waals surface area contributed by atoms with Crippen molar-refractivity contribution < 1.29 is 33.6 Å². The zero-order valence-electron chi connectivity index (χ0n) is 20.9. The molecule has 1 aliphatic carbocycles. The van der Waals surface area contributed by atoms with Crippen LogP contribution >= 0.6 is 0 Å². The molecule has 2 aliphatic rings. The summed E-state index contributed by atoms with van der Waals surface area (Å²) in [5.41, 5.74) is 0.255. The van der Waals surface area contributed by atoms with Gasteiger partial charge in [-0.2, -0.15) is 0 Å². The molecule has 1 aliphatic heterocycles. The number of methoxy groups -OCH3 is 1. The van der Waals surface area contributed by atoms with E-state index >= 15 is 0 Å². The molecule has 2 fully saturated rings. The minimum absolute atomic E-state index is 0.0567. The molecule has 0 unspecified atom stereocenters. The number of aromatic hydroxyl groups is 1. The van der Waals surface area contributed by atoms with Crippen molar-refractivity contribution in [3.05, 3.63) is 23.8 Å². The van der Waals surface area contributed by atoms with E-state index in [9.17, 15) is 14.7 Å². The lowest BCUT2D eigenvalue weighted by molar-refractivity contribution is -0.151. The Morgan fingerprint density at radius 2 is 2.00 bits per heavy atom. The number of hydrogen-bond acceptors (Lipinski definition) is 7. The molecular weight excluding hydrogens is 440 g/mol. The summed E-state index contributed by atoms with van der Waals surface area (Å²) in [4.78, 5) is 29.5. The van der Waals surface area contributed by atoms with E-state index in [2.05, 4.69) is 0 Å². The van der Waals surface area contributed by atoms with Gasteiger partial charge in [0.25, 0.3) is 5.91 Å². The quantitative estimate of drug-likeness (QED) is 0.543. The molecule has 0 aromatic heterocycles. The van der Waals surface area contributed by atoms with Gasteiger partial charge in [-0.25, -0.2) is 4.79 Å². The first-order valence-electron chi connectivity index (χ1n) is 12.0. The Kier molecular flexibility index (Phi) is 8.65. The Labute approximate surface area is 201 Å². The molecule has 0 bridgehead atoms. The van der Waals surface area contributed by atoms with Crippen LogP contribution in [0.25, 0.3) is 0 Å². The maximum absolute atomic E-state index is 13.6. The minimum Gasteiger partial charge on any atom is -0.504 e. The highest BCUT2D eigenvalue weighted by Crippen LogP contribution is 2.38. The van der Waals surface area contributed by atoms with Crippen molar-refractivity contribution >= 4 is 12.0 Å². The summed E-state index contributed by atoms with van der Waals surface area (Å²) in [5, 5.41) is 10.2. The molecule has 0 spiro atoms.